The Hall–Kier alpha value is -2.96. The number of amides is 2. The van der Waals surface area contributed by atoms with Crippen LogP contribution < -0.4 is 10.6 Å². The van der Waals surface area contributed by atoms with Crippen molar-refractivity contribution in [2.24, 2.45) is 0 Å². The highest BCUT2D eigenvalue weighted by Crippen LogP contribution is 2.17. The number of carbonyl (C=O) groups is 2. The van der Waals surface area contributed by atoms with E-state index < -0.39 is 17.8 Å². The molecule has 1 heterocycles. The first kappa shape index (κ1) is 14.4. The molecule has 108 valence electrons. The van der Waals surface area contributed by atoms with Crippen molar-refractivity contribution in [1.29, 1.82) is 0 Å². The normalized spacial score (nSPS) is 9.95. The number of nitrogens with one attached hydrogen (secondary N) is 2. The largest absolute Gasteiger partial charge is 0.478 e. The lowest BCUT2D eigenvalue weighted by atomic mass is 10.2. The van der Waals surface area contributed by atoms with Crippen molar-refractivity contribution in [3.8, 4) is 0 Å². The van der Waals surface area contributed by atoms with Crippen LogP contribution in [0.1, 0.15) is 15.9 Å². The number of carboxylic acids is 1. The van der Waals surface area contributed by atoms with Gasteiger partial charge in [0.25, 0.3) is 0 Å². The van der Waals surface area contributed by atoms with E-state index in [-0.39, 0.29) is 17.8 Å². The fourth-order valence-electron chi connectivity index (χ4n) is 1.65. The number of halogens is 1. The van der Waals surface area contributed by atoms with E-state index in [2.05, 4.69) is 15.6 Å². The number of anilines is 1. The van der Waals surface area contributed by atoms with Crippen LogP contribution in [0.3, 0.4) is 0 Å². The number of nitrogens with zero attached hydrogens (tertiary/aromatic N) is 1. The zero-order valence-electron chi connectivity index (χ0n) is 10.8. The molecule has 0 aliphatic carbocycles. The standard InChI is InChI=1S/C14H12FN3O3/c15-10-3-4-12(11(6-10)13(19)20)18-14(21)17-8-9-2-1-5-16-7-9/h1-7H,8H2,(H,19,20)(H2,17,18,21). The summed E-state index contributed by atoms with van der Waals surface area (Å²) in [6.45, 7) is 0.239. The molecular weight excluding hydrogens is 277 g/mol. The molecule has 0 aliphatic rings. The van der Waals surface area contributed by atoms with E-state index in [4.69, 9.17) is 5.11 Å². The summed E-state index contributed by atoms with van der Waals surface area (Å²) in [7, 11) is 0. The van der Waals surface area contributed by atoms with Gasteiger partial charge in [-0.3, -0.25) is 4.98 Å². The molecule has 2 aromatic rings. The van der Waals surface area contributed by atoms with Gasteiger partial charge in [-0.2, -0.15) is 0 Å². The molecule has 0 saturated carbocycles. The molecule has 0 aliphatic heterocycles. The summed E-state index contributed by atoms with van der Waals surface area (Å²) >= 11 is 0. The van der Waals surface area contributed by atoms with Crippen LogP contribution in [0.15, 0.2) is 42.7 Å². The van der Waals surface area contributed by atoms with E-state index >= 15 is 0 Å². The predicted molar refractivity (Wildman–Crippen MR) is 73.5 cm³/mol. The van der Waals surface area contributed by atoms with Crippen molar-refractivity contribution in [1.82, 2.24) is 10.3 Å². The van der Waals surface area contributed by atoms with Gasteiger partial charge in [-0.15, -0.1) is 0 Å². The monoisotopic (exact) mass is 289 g/mol. The molecule has 6 nitrogen and oxygen atoms in total. The first-order chi connectivity index (χ1) is 10.1. The Kier molecular flexibility index (Phi) is 4.45. The third-order valence-corrected chi connectivity index (χ3v) is 2.64. The lowest BCUT2D eigenvalue weighted by molar-refractivity contribution is 0.0697. The molecule has 0 spiro atoms. The molecule has 1 aromatic carbocycles. The second-order valence-corrected chi connectivity index (χ2v) is 4.16. The highest BCUT2D eigenvalue weighted by atomic mass is 19.1. The van der Waals surface area contributed by atoms with Crippen LogP contribution in [0.2, 0.25) is 0 Å². The van der Waals surface area contributed by atoms with Crippen LogP contribution >= 0.6 is 0 Å². The lowest BCUT2D eigenvalue weighted by Gasteiger charge is -2.10. The molecule has 3 N–H and O–H groups in total. The van der Waals surface area contributed by atoms with Gasteiger partial charge in [0.05, 0.1) is 11.3 Å². The van der Waals surface area contributed by atoms with Crippen LogP contribution in [0.5, 0.6) is 0 Å². The van der Waals surface area contributed by atoms with E-state index in [0.29, 0.717) is 0 Å². The number of aromatic nitrogens is 1. The highest BCUT2D eigenvalue weighted by molar-refractivity contribution is 5.99. The van der Waals surface area contributed by atoms with Crippen LogP contribution in [-0.2, 0) is 6.54 Å². The molecule has 0 saturated heterocycles. The summed E-state index contributed by atoms with van der Waals surface area (Å²) in [6, 6.07) is 6.05. The Bertz CT molecular complexity index is 662. The number of pyridine rings is 1. The third-order valence-electron chi connectivity index (χ3n) is 2.64. The Morgan fingerprint density at radius 3 is 2.76 bits per heavy atom. The van der Waals surface area contributed by atoms with Gasteiger partial charge >= 0.3 is 12.0 Å². The minimum Gasteiger partial charge on any atom is -0.478 e. The molecular formula is C14H12FN3O3. The van der Waals surface area contributed by atoms with E-state index in [9.17, 15) is 14.0 Å². The van der Waals surface area contributed by atoms with Gasteiger partial charge in [0, 0.05) is 18.9 Å². The molecule has 1 aromatic heterocycles. The summed E-state index contributed by atoms with van der Waals surface area (Å²) in [5.74, 6) is -2.01. The summed E-state index contributed by atoms with van der Waals surface area (Å²) in [5.41, 5.74) is 0.504. The topological polar surface area (TPSA) is 91.3 Å². The minimum absolute atomic E-state index is 0.0209. The van der Waals surface area contributed by atoms with Crippen LogP contribution in [0.4, 0.5) is 14.9 Å². The molecule has 2 rings (SSSR count). The van der Waals surface area contributed by atoms with Gasteiger partial charge in [-0.05, 0) is 29.8 Å². The number of hydrogen-bond acceptors (Lipinski definition) is 3. The van der Waals surface area contributed by atoms with Crippen LogP contribution in [0.25, 0.3) is 0 Å². The van der Waals surface area contributed by atoms with Crippen molar-refractivity contribution in [3.05, 3.63) is 59.7 Å². The Morgan fingerprint density at radius 2 is 2.10 bits per heavy atom. The molecule has 0 atom stereocenters. The quantitative estimate of drug-likeness (QED) is 0.805. The number of benzene rings is 1. The van der Waals surface area contributed by atoms with E-state index in [1.54, 1.807) is 24.5 Å². The first-order valence-corrected chi connectivity index (χ1v) is 6.03. The maximum Gasteiger partial charge on any atom is 0.337 e. The average Bonchev–Trinajstić information content (AvgIpc) is 2.48. The van der Waals surface area contributed by atoms with Gasteiger partial charge < -0.3 is 15.7 Å². The van der Waals surface area contributed by atoms with Crippen molar-refractivity contribution < 1.29 is 19.1 Å². The minimum atomic E-state index is -1.32. The van der Waals surface area contributed by atoms with Crippen molar-refractivity contribution in [2.45, 2.75) is 6.54 Å². The number of hydrogen-bond donors (Lipinski definition) is 3. The fourth-order valence-corrected chi connectivity index (χ4v) is 1.65. The Morgan fingerprint density at radius 1 is 1.29 bits per heavy atom. The van der Waals surface area contributed by atoms with Crippen LogP contribution in [-0.4, -0.2) is 22.1 Å². The van der Waals surface area contributed by atoms with Crippen molar-refractivity contribution in [2.75, 3.05) is 5.32 Å². The Balaban J connectivity index is 2.01. The average molecular weight is 289 g/mol. The predicted octanol–water partition coefficient (Wildman–Crippen LogP) is 2.24. The van der Waals surface area contributed by atoms with Crippen molar-refractivity contribution in [3.63, 3.8) is 0 Å². The number of rotatable bonds is 4. The lowest BCUT2D eigenvalue weighted by Crippen LogP contribution is -2.29. The smallest absolute Gasteiger partial charge is 0.337 e. The molecule has 0 bridgehead atoms. The van der Waals surface area contributed by atoms with Crippen LogP contribution in [0, 0.1) is 5.82 Å². The summed E-state index contributed by atoms with van der Waals surface area (Å²) in [4.78, 5) is 26.6. The molecule has 0 unspecified atom stereocenters. The first-order valence-electron chi connectivity index (χ1n) is 6.03. The molecule has 0 fully saturated rings. The molecule has 2 amide bonds. The van der Waals surface area contributed by atoms with Crippen molar-refractivity contribution >= 4 is 17.7 Å². The van der Waals surface area contributed by atoms with Gasteiger partial charge in [0.2, 0.25) is 0 Å². The Labute approximate surface area is 119 Å². The number of carboxylic acid groups (broad SMARTS) is 1. The highest BCUT2D eigenvalue weighted by Gasteiger charge is 2.13. The summed E-state index contributed by atoms with van der Waals surface area (Å²) in [5, 5.41) is 13.9. The second kappa shape index (κ2) is 6.47. The van der Waals surface area contributed by atoms with Gasteiger partial charge in [-0.25, -0.2) is 14.0 Å². The molecule has 0 radical (unpaired) electrons. The number of aromatic carboxylic acids is 1. The third kappa shape index (κ3) is 4.00. The summed E-state index contributed by atoms with van der Waals surface area (Å²) < 4.78 is 13.0. The zero-order valence-corrected chi connectivity index (χ0v) is 10.8. The summed E-state index contributed by atoms with van der Waals surface area (Å²) in [6.07, 6.45) is 3.21. The van der Waals surface area contributed by atoms with E-state index in [0.717, 1.165) is 17.7 Å². The SMILES string of the molecule is O=C(NCc1cccnc1)Nc1ccc(F)cc1C(=O)O. The fraction of sp³-hybridized carbons (Fsp3) is 0.0714. The van der Waals surface area contributed by atoms with E-state index in [1.807, 2.05) is 0 Å². The van der Waals surface area contributed by atoms with E-state index in [1.165, 1.54) is 6.07 Å². The maximum atomic E-state index is 13.0. The maximum absolute atomic E-state index is 13.0. The second-order valence-electron chi connectivity index (χ2n) is 4.16. The molecule has 21 heavy (non-hydrogen) atoms. The number of urea groups is 1. The molecule has 7 heteroatoms. The van der Waals surface area contributed by atoms with Gasteiger partial charge in [0.1, 0.15) is 5.82 Å². The van der Waals surface area contributed by atoms with Gasteiger partial charge in [0.15, 0.2) is 0 Å². The zero-order chi connectivity index (χ0) is 15.2. The van der Waals surface area contributed by atoms with Gasteiger partial charge in [-0.1, -0.05) is 6.07 Å². The number of carbonyl (C=O) groups excluding carboxylic acids is 1.